The third kappa shape index (κ3) is 2.24. The van der Waals surface area contributed by atoms with Gasteiger partial charge in [0.2, 0.25) is 0 Å². The highest BCUT2D eigenvalue weighted by Gasteiger charge is 2.32. The molecule has 1 aliphatic rings. The van der Waals surface area contributed by atoms with Gasteiger partial charge in [0.25, 0.3) is 5.91 Å². The van der Waals surface area contributed by atoms with Crippen molar-refractivity contribution in [1.82, 2.24) is 4.90 Å². The fourth-order valence-electron chi connectivity index (χ4n) is 2.67. The lowest BCUT2D eigenvalue weighted by molar-refractivity contribution is 0.0733. The van der Waals surface area contributed by atoms with E-state index >= 15 is 0 Å². The number of anilines is 1. The van der Waals surface area contributed by atoms with Crippen LogP contribution in [-0.4, -0.2) is 29.6 Å². The van der Waals surface area contributed by atoms with Crippen LogP contribution in [0.1, 0.15) is 29.0 Å². The lowest BCUT2D eigenvalue weighted by atomic mass is 10.0. The number of carbonyl (C=O) groups is 1. The molecule has 0 saturated heterocycles. The molecule has 1 unspecified atom stereocenters. The number of nitrogens with zero attached hydrogens (tertiary/aromatic N) is 1. The largest absolute Gasteiger partial charge is 0.504 e. The summed E-state index contributed by atoms with van der Waals surface area (Å²) in [5.41, 5.74) is 2.00. The Labute approximate surface area is 129 Å². The Kier molecular flexibility index (Phi) is 3.63. The highest BCUT2D eigenvalue weighted by Crippen LogP contribution is 2.39. The average molecular weight is 298 g/mol. The molecule has 2 aromatic rings. The molecule has 22 heavy (non-hydrogen) atoms. The van der Waals surface area contributed by atoms with Crippen molar-refractivity contribution in [2.24, 2.45) is 0 Å². The smallest absolute Gasteiger partial charge is 0.257 e. The van der Waals surface area contributed by atoms with E-state index in [4.69, 9.17) is 4.74 Å². The number of phenols is 1. The number of benzene rings is 2. The number of phenolic OH excluding ortho intramolecular Hbond substituents is 1. The summed E-state index contributed by atoms with van der Waals surface area (Å²) in [6.07, 6.45) is -0.442. The standard InChI is InChI=1S/C17H18N2O3/c1-3-22-14-10-6-8-12(15(14)20)16-18-13-9-5-4-7-11(13)17(21)19(16)2/h4-10,16,18,20H,3H2,1-2H3. The van der Waals surface area contributed by atoms with E-state index in [2.05, 4.69) is 5.32 Å². The van der Waals surface area contributed by atoms with E-state index in [1.807, 2.05) is 25.1 Å². The van der Waals surface area contributed by atoms with Crippen LogP contribution >= 0.6 is 0 Å². The summed E-state index contributed by atoms with van der Waals surface area (Å²) >= 11 is 0. The van der Waals surface area contributed by atoms with E-state index in [1.54, 1.807) is 36.2 Å². The Morgan fingerprint density at radius 3 is 2.77 bits per heavy atom. The van der Waals surface area contributed by atoms with Crippen LogP contribution in [0, 0.1) is 0 Å². The second-order valence-electron chi connectivity index (χ2n) is 5.14. The van der Waals surface area contributed by atoms with Crippen molar-refractivity contribution >= 4 is 11.6 Å². The van der Waals surface area contributed by atoms with E-state index in [0.29, 0.717) is 23.5 Å². The first-order valence-electron chi connectivity index (χ1n) is 7.21. The van der Waals surface area contributed by atoms with Gasteiger partial charge >= 0.3 is 0 Å². The van der Waals surface area contributed by atoms with Gasteiger partial charge in [-0.2, -0.15) is 0 Å². The first-order chi connectivity index (χ1) is 10.6. The quantitative estimate of drug-likeness (QED) is 0.914. The number of amides is 1. The van der Waals surface area contributed by atoms with Crippen LogP contribution in [0.4, 0.5) is 5.69 Å². The van der Waals surface area contributed by atoms with Crippen LogP contribution in [0.15, 0.2) is 42.5 Å². The highest BCUT2D eigenvalue weighted by molar-refractivity contribution is 6.01. The van der Waals surface area contributed by atoms with Gasteiger partial charge in [-0.3, -0.25) is 4.79 Å². The molecule has 3 rings (SSSR count). The molecule has 2 aromatic carbocycles. The van der Waals surface area contributed by atoms with E-state index < -0.39 is 6.17 Å². The van der Waals surface area contributed by atoms with E-state index in [9.17, 15) is 9.90 Å². The molecule has 5 nitrogen and oxygen atoms in total. The van der Waals surface area contributed by atoms with E-state index in [-0.39, 0.29) is 11.7 Å². The van der Waals surface area contributed by atoms with Gasteiger partial charge in [-0.25, -0.2) is 0 Å². The number of para-hydroxylation sites is 2. The molecule has 1 aliphatic heterocycles. The molecule has 0 spiro atoms. The predicted molar refractivity (Wildman–Crippen MR) is 84.2 cm³/mol. The minimum atomic E-state index is -0.442. The molecule has 0 aliphatic carbocycles. The molecular weight excluding hydrogens is 280 g/mol. The van der Waals surface area contributed by atoms with Gasteiger partial charge in [0, 0.05) is 18.3 Å². The first-order valence-corrected chi connectivity index (χ1v) is 7.21. The fourth-order valence-corrected chi connectivity index (χ4v) is 2.67. The lowest BCUT2D eigenvalue weighted by Gasteiger charge is -2.35. The van der Waals surface area contributed by atoms with Gasteiger partial charge in [-0.1, -0.05) is 24.3 Å². The van der Waals surface area contributed by atoms with Gasteiger partial charge < -0.3 is 20.1 Å². The molecule has 0 radical (unpaired) electrons. The Morgan fingerprint density at radius 2 is 2.00 bits per heavy atom. The fraction of sp³-hybridized carbons (Fsp3) is 0.235. The van der Waals surface area contributed by atoms with Crippen LogP contribution in [0.3, 0.4) is 0 Å². The van der Waals surface area contributed by atoms with Crippen LogP contribution in [-0.2, 0) is 0 Å². The van der Waals surface area contributed by atoms with E-state index in [1.165, 1.54) is 0 Å². The van der Waals surface area contributed by atoms with Crippen molar-refractivity contribution in [3.8, 4) is 11.5 Å². The predicted octanol–water partition coefficient (Wildman–Crippen LogP) is 2.99. The number of rotatable bonds is 3. The van der Waals surface area contributed by atoms with E-state index in [0.717, 1.165) is 5.69 Å². The molecule has 1 amide bonds. The highest BCUT2D eigenvalue weighted by atomic mass is 16.5. The number of hydrogen-bond donors (Lipinski definition) is 2. The molecular formula is C17H18N2O3. The second-order valence-corrected chi connectivity index (χ2v) is 5.14. The van der Waals surface area contributed by atoms with Crippen LogP contribution in [0.5, 0.6) is 11.5 Å². The Hall–Kier alpha value is -2.69. The summed E-state index contributed by atoms with van der Waals surface area (Å²) in [6, 6.07) is 12.6. The molecule has 0 aromatic heterocycles. The van der Waals surface area contributed by atoms with Crippen LogP contribution < -0.4 is 10.1 Å². The van der Waals surface area contributed by atoms with Gasteiger partial charge in [0.15, 0.2) is 11.5 Å². The maximum atomic E-state index is 12.5. The molecule has 1 atom stereocenters. The first kappa shape index (κ1) is 14.3. The molecule has 2 N–H and O–H groups in total. The number of ether oxygens (including phenoxy) is 1. The molecule has 5 heteroatoms. The van der Waals surface area contributed by atoms with Crippen molar-refractivity contribution in [3.63, 3.8) is 0 Å². The third-order valence-electron chi connectivity index (χ3n) is 3.78. The SMILES string of the molecule is CCOc1cccc(C2Nc3ccccc3C(=O)N2C)c1O. The van der Waals surface area contributed by atoms with Crippen molar-refractivity contribution in [3.05, 3.63) is 53.6 Å². The zero-order valence-electron chi connectivity index (χ0n) is 12.5. The monoisotopic (exact) mass is 298 g/mol. The zero-order valence-corrected chi connectivity index (χ0v) is 12.5. The number of nitrogens with one attached hydrogen (secondary N) is 1. The van der Waals surface area contributed by atoms with Gasteiger partial charge in [-0.15, -0.1) is 0 Å². The maximum Gasteiger partial charge on any atom is 0.257 e. The van der Waals surface area contributed by atoms with Gasteiger partial charge in [0.1, 0.15) is 6.17 Å². The summed E-state index contributed by atoms with van der Waals surface area (Å²) in [4.78, 5) is 14.1. The minimum Gasteiger partial charge on any atom is -0.504 e. The molecule has 0 bridgehead atoms. The molecule has 0 saturated carbocycles. The Balaban J connectivity index is 2.03. The minimum absolute atomic E-state index is 0.0564. The second kappa shape index (κ2) is 5.60. The van der Waals surface area contributed by atoms with Crippen molar-refractivity contribution in [2.75, 3.05) is 19.0 Å². The van der Waals surface area contributed by atoms with Crippen LogP contribution in [0.25, 0.3) is 0 Å². The summed E-state index contributed by atoms with van der Waals surface area (Å²) in [5.74, 6) is 0.392. The average Bonchev–Trinajstić information content (AvgIpc) is 2.53. The normalized spacial score (nSPS) is 16.9. The topological polar surface area (TPSA) is 61.8 Å². The lowest BCUT2D eigenvalue weighted by Crippen LogP contribution is -2.40. The Bertz CT molecular complexity index is 715. The number of fused-ring (bicyclic) bond motifs is 1. The van der Waals surface area contributed by atoms with Crippen molar-refractivity contribution in [1.29, 1.82) is 0 Å². The molecule has 1 heterocycles. The van der Waals surface area contributed by atoms with Crippen LogP contribution in [0.2, 0.25) is 0 Å². The number of hydrogen-bond acceptors (Lipinski definition) is 4. The molecule has 114 valence electrons. The van der Waals surface area contributed by atoms with Crippen molar-refractivity contribution in [2.45, 2.75) is 13.1 Å². The third-order valence-corrected chi connectivity index (χ3v) is 3.78. The summed E-state index contributed by atoms with van der Waals surface area (Å²) in [7, 11) is 1.71. The Morgan fingerprint density at radius 1 is 1.23 bits per heavy atom. The number of aromatic hydroxyl groups is 1. The molecule has 0 fully saturated rings. The van der Waals surface area contributed by atoms with Gasteiger partial charge in [0.05, 0.1) is 12.2 Å². The number of carbonyl (C=O) groups excluding carboxylic acids is 1. The van der Waals surface area contributed by atoms with Gasteiger partial charge in [-0.05, 0) is 25.1 Å². The van der Waals surface area contributed by atoms with Crippen molar-refractivity contribution < 1.29 is 14.6 Å². The summed E-state index contributed by atoms with van der Waals surface area (Å²) < 4.78 is 5.42. The summed E-state index contributed by atoms with van der Waals surface area (Å²) in [5, 5.41) is 13.7. The summed E-state index contributed by atoms with van der Waals surface area (Å²) in [6.45, 7) is 2.32. The zero-order chi connectivity index (χ0) is 15.7. The maximum absolute atomic E-state index is 12.5.